The Kier molecular flexibility index (Phi) is 6.63. The van der Waals surface area contributed by atoms with Gasteiger partial charge in [-0.1, -0.05) is 31.4 Å². The molecule has 0 bridgehead atoms. The lowest BCUT2D eigenvalue weighted by atomic mass is 9.98. The zero-order chi connectivity index (χ0) is 14.9. The van der Waals surface area contributed by atoms with E-state index in [2.05, 4.69) is 5.32 Å². The number of nitro groups is 1. The van der Waals surface area contributed by atoms with Gasteiger partial charge in [-0.3, -0.25) is 10.1 Å². The zero-order valence-electron chi connectivity index (χ0n) is 12.4. The van der Waals surface area contributed by atoms with Crippen LogP contribution in [0.3, 0.4) is 0 Å². The van der Waals surface area contributed by atoms with Crippen molar-refractivity contribution in [2.75, 3.05) is 13.2 Å². The van der Waals surface area contributed by atoms with Crippen LogP contribution >= 0.6 is 0 Å². The molecule has 1 aromatic rings. The van der Waals surface area contributed by atoms with E-state index in [1.165, 1.54) is 32.1 Å². The molecule has 1 aromatic carbocycles. The number of nitrogens with one attached hydrogen (secondary N) is 1. The van der Waals surface area contributed by atoms with Gasteiger partial charge in [-0.05, 0) is 31.4 Å². The van der Waals surface area contributed by atoms with Gasteiger partial charge in [0.1, 0.15) is 0 Å². The van der Waals surface area contributed by atoms with Crippen molar-refractivity contribution in [1.29, 1.82) is 0 Å². The highest BCUT2D eigenvalue weighted by molar-refractivity contribution is 5.32. The maximum Gasteiger partial charge on any atom is 0.269 e. The van der Waals surface area contributed by atoms with Crippen LogP contribution in [0.15, 0.2) is 24.3 Å². The molecule has 0 atom stereocenters. The second-order valence-electron chi connectivity index (χ2n) is 5.58. The van der Waals surface area contributed by atoms with E-state index in [0.29, 0.717) is 6.10 Å². The van der Waals surface area contributed by atoms with Crippen molar-refractivity contribution in [2.24, 2.45) is 0 Å². The Labute approximate surface area is 125 Å². The lowest BCUT2D eigenvalue weighted by Crippen LogP contribution is -2.20. The zero-order valence-corrected chi connectivity index (χ0v) is 12.4. The van der Waals surface area contributed by atoms with Gasteiger partial charge in [-0.15, -0.1) is 0 Å². The van der Waals surface area contributed by atoms with Crippen LogP contribution in [0.5, 0.6) is 0 Å². The third kappa shape index (κ3) is 5.81. The van der Waals surface area contributed by atoms with Gasteiger partial charge in [-0.2, -0.15) is 0 Å². The van der Waals surface area contributed by atoms with E-state index in [0.717, 1.165) is 31.7 Å². The highest BCUT2D eigenvalue weighted by Gasteiger charge is 2.12. The predicted octanol–water partition coefficient (Wildman–Crippen LogP) is 3.42. The summed E-state index contributed by atoms with van der Waals surface area (Å²) in [6.07, 6.45) is 7.90. The van der Waals surface area contributed by atoms with Gasteiger partial charge in [0.05, 0.1) is 11.0 Å². The SMILES string of the molecule is O=[N+]([O-])c1ccc(CNCCCOC2CCCCC2)cc1. The molecule has 0 amide bonds. The smallest absolute Gasteiger partial charge is 0.269 e. The summed E-state index contributed by atoms with van der Waals surface area (Å²) in [6, 6.07) is 6.68. The Hall–Kier alpha value is -1.46. The van der Waals surface area contributed by atoms with Crippen LogP contribution in [0.1, 0.15) is 44.1 Å². The first-order valence-electron chi connectivity index (χ1n) is 7.81. The first kappa shape index (κ1) is 15.9. The molecule has 0 unspecified atom stereocenters. The maximum atomic E-state index is 10.6. The Bertz CT molecular complexity index is 428. The lowest BCUT2D eigenvalue weighted by molar-refractivity contribution is -0.384. The highest BCUT2D eigenvalue weighted by atomic mass is 16.6. The topological polar surface area (TPSA) is 64.4 Å². The van der Waals surface area contributed by atoms with E-state index < -0.39 is 0 Å². The largest absolute Gasteiger partial charge is 0.378 e. The molecule has 0 saturated heterocycles. The minimum absolute atomic E-state index is 0.139. The van der Waals surface area contributed by atoms with Gasteiger partial charge in [0.2, 0.25) is 0 Å². The summed E-state index contributed by atoms with van der Waals surface area (Å²) in [6.45, 7) is 2.46. The van der Waals surface area contributed by atoms with E-state index in [9.17, 15) is 10.1 Å². The number of nitrogens with zero attached hydrogens (tertiary/aromatic N) is 1. The van der Waals surface area contributed by atoms with Gasteiger partial charge in [0.15, 0.2) is 0 Å². The van der Waals surface area contributed by atoms with E-state index in [1.54, 1.807) is 24.3 Å². The number of non-ortho nitro benzene ring substituents is 1. The third-order valence-corrected chi connectivity index (χ3v) is 3.88. The fourth-order valence-corrected chi connectivity index (χ4v) is 2.65. The maximum absolute atomic E-state index is 10.6. The monoisotopic (exact) mass is 292 g/mol. The number of hydrogen-bond donors (Lipinski definition) is 1. The number of hydrogen-bond acceptors (Lipinski definition) is 4. The summed E-state index contributed by atoms with van der Waals surface area (Å²) in [7, 11) is 0. The Balaban J connectivity index is 1.54. The molecule has 5 heteroatoms. The molecule has 1 aliphatic carbocycles. The van der Waals surface area contributed by atoms with Crippen LogP contribution in [-0.2, 0) is 11.3 Å². The van der Waals surface area contributed by atoms with Crippen LogP contribution in [0, 0.1) is 10.1 Å². The van der Waals surface area contributed by atoms with Crippen LogP contribution in [0.2, 0.25) is 0 Å². The summed E-state index contributed by atoms with van der Waals surface area (Å²) in [5.74, 6) is 0. The fraction of sp³-hybridized carbons (Fsp3) is 0.625. The second kappa shape index (κ2) is 8.74. The predicted molar refractivity (Wildman–Crippen MR) is 82.2 cm³/mol. The van der Waals surface area contributed by atoms with Gasteiger partial charge in [0, 0.05) is 25.3 Å². The Morgan fingerprint density at radius 2 is 1.90 bits per heavy atom. The van der Waals surface area contributed by atoms with E-state index in [1.807, 2.05) is 0 Å². The Morgan fingerprint density at radius 1 is 1.19 bits per heavy atom. The van der Waals surface area contributed by atoms with Crippen LogP contribution in [0.4, 0.5) is 5.69 Å². The van der Waals surface area contributed by atoms with Crippen molar-refractivity contribution < 1.29 is 9.66 Å². The molecule has 116 valence electrons. The molecule has 1 aliphatic rings. The summed E-state index contributed by atoms with van der Waals surface area (Å²) < 4.78 is 5.86. The van der Waals surface area contributed by atoms with Crippen molar-refractivity contribution in [1.82, 2.24) is 5.32 Å². The minimum atomic E-state index is -0.375. The van der Waals surface area contributed by atoms with Crippen molar-refractivity contribution in [3.8, 4) is 0 Å². The van der Waals surface area contributed by atoms with Crippen LogP contribution in [0.25, 0.3) is 0 Å². The summed E-state index contributed by atoms with van der Waals surface area (Å²) in [5, 5.41) is 13.9. The first-order chi connectivity index (χ1) is 10.3. The second-order valence-corrected chi connectivity index (χ2v) is 5.58. The molecule has 21 heavy (non-hydrogen) atoms. The molecule has 0 aromatic heterocycles. The van der Waals surface area contributed by atoms with Crippen molar-refractivity contribution in [2.45, 2.75) is 51.2 Å². The summed E-state index contributed by atoms with van der Waals surface area (Å²) >= 11 is 0. The molecule has 2 rings (SSSR count). The molecule has 0 spiro atoms. The summed E-state index contributed by atoms with van der Waals surface area (Å²) in [4.78, 5) is 10.2. The van der Waals surface area contributed by atoms with Gasteiger partial charge >= 0.3 is 0 Å². The van der Waals surface area contributed by atoms with E-state index >= 15 is 0 Å². The van der Waals surface area contributed by atoms with Crippen LogP contribution in [-0.4, -0.2) is 24.2 Å². The molecule has 5 nitrogen and oxygen atoms in total. The average Bonchev–Trinajstić information content (AvgIpc) is 2.52. The molecular weight excluding hydrogens is 268 g/mol. The molecule has 1 fully saturated rings. The normalized spacial score (nSPS) is 16.0. The number of rotatable bonds is 8. The van der Waals surface area contributed by atoms with Crippen molar-refractivity contribution >= 4 is 5.69 Å². The number of benzene rings is 1. The summed E-state index contributed by atoms with van der Waals surface area (Å²) in [5.41, 5.74) is 1.20. The molecule has 0 radical (unpaired) electrons. The van der Waals surface area contributed by atoms with Crippen molar-refractivity contribution in [3.63, 3.8) is 0 Å². The molecular formula is C16H24N2O3. The van der Waals surface area contributed by atoms with E-state index in [-0.39, 0.29) is 10.6 Å². The van der Waals surface area contributed by atoms with Gasteiger partial charge in [-0.25, -0.2) is 0 Å². The van der Waals surface area contributed by atoms with Crippen LogP contribution < -0.4 is 5.32 Å². The Morgan fingerprint density at radius 3 is 2.57 bits per heavy atom. The third-order valence-electron chi connectivity index (χ3n) is 3.88. The molecule has 0 heterocycles. The minimum Gasteiger partial charge on any atom is -0.378 e. The van der Waals surface area contributed by atoms with Crippen molar-refractivity contribution in [3.05, 3.63) is 39.9 Å². The highest BCUT2D eigenvalue weighted by Crippen LogP contribution is 2.20. The average molecular weight is 292 g/mol. The number of ether oxygens (including phenoxy) is 1. The van der Waals surface area contributed by atoms with Gasteiger partial charge in [0.25, 0.3) is 5.69 Å². The van der Waals surface area contributed by atoms with E-state index in [4.69, 9.17) is 4.74 Å². The molecule has 0 aliphatic heterocycles. The first-order valence-corrected chi connectivity index (χ1v) is 7.81. The molecule has 1 N–H and O–H groups in total. The van der Waals surface area contributed by atoms with Gasteiger partial charge < -0.3 is 10.1 Å². The quantitative estimate of drug-likeness (QED) is 0.453. The fourth-order valence-electron chi connectivity index (χ4n) is 2.65. The molecule has 1 saturated carbocycles. The lowest BCUT2D eigenvalue weighted by Gasteiger charge is -2.21. The standard InChI is InChI=1S/C16H24N2O3/c19-18(20)15-9-7-14(8-10-15)13-17-11-4-12-21-16-5-2-1-3-6-16/h7-10,16-17H,1-6,11-13H2. The number of nitro benzene ring substituents is 1.